The van der Waals surface area contributed by atoms with Crippen LogP contribution in [-0.2, 0) is 33.2 Å². The Morgan fingerprint density at radius 2 is 0.645 bits per heavy atom. The Kier molecular flexibility index (Phi) is 60.4. The quantitative estimate of drug-likeness (QED) is 0.0199. The van der Waals surface area contributed by atoms with Gasteiger partial charge >= 0.3 is 0 Å². The topological polar surface area (TPSA) is 307 Å². The fourth-order valence-electron chi connectivity index (χ4n) is 13.3. The van der Waals surface area contributed by atoms with Crippen LogP contribution in [0.15, 0.2) is 134 Å². The molecule has 17 atom stereocenters. The standard InChI is InChI=1S/C88H149NO18/c1-3-5-7-9-11-13-15-17-19-21-23-25-27-28-29-30-31-32-33-34-35-36-37-38-39-40-41-42-44-46-48-50-52-54-56-58-60-62-64-66-76(94)89-71(72(93)65-63-61-59-57-55-53-51-49-47-45-43-26-24-22-20-18-16-14-12-10-8-6-4-2)70-102-86-82(100)79(97)84(74(68-91)104-86)107-88-83(101)80(98)85(75(69-92)105-88)106-87-81(99)78(96)77(95)73(67-90)103-87/h5,7,11,13,17,19,23,25,28-29,31-32,34-35,37-38,40-41,44,46,63,65,71-75,77-88,90-93,95-101H,3-4,6,8-10,12,14-16,18,20-22,24,26-27,30,33,36,39,42-43,45,47-62,64,66-70H2,1-2H3,(H,89,94)/b7-5-,13-11-,19-17-,25-23-,29-28-,32-31-,35-34-,38-37-,41-40-,46-44-,65-63+. The van der Waals surface area contributed by atoms with Crippen molar-refractivity contribution in [2.75, 3.05) is 26.4 Å². The maximum atomic E-state index is 13.5. The van der Waals surface area contributed by atoms with Gasteiger partial charge in [0.1, 0.15) is 73.2 Å². The first-order valence-electron chi connectivity index (χ1n) is 41.9. The maximum Gasteiger partial charge on any atom is 0.220 e. The van der Waals surface area contributed by atoms with Crippen molar-refractivity contribution < 1.29 is 89.4 Å². The summed E-state index contributed by atoms with van der Waals surface area (Å²) in [6.45, 7) is 1.63. The molecule has 1 amide bonds. The Hall–Kier alpha value is -4.07. The molecule has 3 aliphatic rings. The molecule has 107 heavy (non-hydrogen) atoms. The summed E-state index contributed by atoms with van der Waals surface area (Å²) >= 11 is 0. The molecule has 3 fully saturated rings. The van der Waals surface area contributed by atoms with Crippen molar-refractivity contribution in [3.8, 4) is 0 Å². The van der Waals surface area contributed by atoms with E-state index in [0.29, 0.717) is 6.42 Å². The van der Waals surface area contributed by atoms with Crippen LogP contribution >= 0.6 is 0 Å². The average Bonchev–Trinajstić information content (AvgIpc) is 0.781. The monoisotopic (exact) mass is 1510 g/mol. The van der Waals surface area contributed by atoms with Crippen LogP contribution in [0.3, 0.4) is 0 Å². The molecule has 3 saturated heterocycles. The van der Waals surface area contributed by atoms with E-state index < -0.39 is 124 Å². The van der Waals surface area contributed by atoms with Gasteiger partial charge in [-0.25, -0.2) is 0 Å². The predicted octanol–water partition coefficient (Wildman–Crippen LogP) is 14.8. The van der Waals surface area contributed by atoms with Crippen molar-refractivity contribution in [1.29, 1.82) is 0 Å². The fourth-order valence-corrected chi connectivity index (χ4v) is 13.3. The minimum atomic E-state index is -1.99. The van der Waals surface area contributed by atoms with Crippen molar-refractivity contribution in [3.63, 3.8) is 0 Å². The third-order valence-electron chi connectivity index (χ3n) is 20.0. The first-order valence-corrected chi connectivity index (χ1v) is 41.9. The van der Waals surface area contributed by atoms with Crippen molar-refractivity contribution >= 4 is 5.91 Å². The van der Waals surface area contributed by atoms with Crippen molar-refractivity contribution in [1.82, 2.24) is 5.32 Å². The van der Waals surface area contributed by atoms with Crippen molar-refractivity contribution in [2.45, 2.75) is 388 Å². The number of nitrogens with one attached hydrogen (secondary N) is 1. The van der Waals surface area contributed by atoms with E-state index in [9.17, 15) is 61.0 Å². The average molecular weight is 1510 g/mol. The molecule has 19 heteroatoms. The molecule has 0 aromatic heterocycles. The van der Waals surface area contributed by atoms with Crippen LogP contribution in [0.4, 0.5) is 0 Å². The minimum Gasteiger partial charge on any atom is -0.394 e. The number of amides is 1. The van der Waals surface area contributed by atoms with Crippen molar-refractivity contribution in [3.05, 3.63) is 134 Å². The summed E-state index contributed by atoms with van der Waals surface area (Å²) in [7, 11) is 0. The number of ether oxygens (including phenoxy) is 6. The summed E-state index contributed by atoms with van der Waals surface area (Å²) in [5.41, 5.74) is 0. The van der Waals surface area contributed by atoms with E-state index in [0.717, 1.165) is 135 Å². The van der Waals surface area contributed by atoms with Crippen molar-refractivity contribution in [2.24, 2.45) is 0 Å². The number of unbranched alkanes of at least 4 members (excludes halogenated alkanes) is 29. The molecule has 0 aromatic rings. The Labute approximate surface area is 645 Å². The predicted molar refractivity (Wildman–Crippen MR) is 429 cm³/mol. The van der Waals surface area contributed by atoms with Gasteiger partial charge in [-0.05, 0) is 96.3 Å². The first-order chi connectivity index (χ1) is 52.3. The zero-order chi connectivity index (χ0) is 77.4. The van der Waals surface area contributed by atoms with Gasteiger partial charge in [0.15, 0.2) is 18.9 Å². The van der Waals surface area contributed by atoms with Gasteiger partial charge in [-0.3, -0.25) is 4.79 Å². The van der Waals surface area contributed by atoms with Crippen LogP contribution in [0.1, 0.15) is 284 Å². The van der Waals surface area contributed by atoms with E-state index in [2.05, 4.69) is 141 Å². The van der Waals surface area contributed by atoms with Crippen LogP contribution in [0.5, 0.6) is 0 Å². The lowest BCUT2D eigenvalue weighted by atomic mass is 9.96. The summed E-state index contributed by atoms with van der Waals surface area (Å²) in [6, 6.07) is -0.989. The molecule has 0 aromatic carbocycles. The number of carbonyl (C=O) groups excluding carboxylic acids is 1. The molecule has 614 valence electrons. The summed E-state index contributed by atoms with van der Waals surface area (Å²) in [5.74, 6) is -0.287. The minimum absolute atomic E-state index is 0.226. The van der Waals surface area contributed by atoms with E-state index in [4.69, 9.17) is 28.4 Å². The van der Waals surface area contributed by atoms with E-state index in [1.165, 1.54) is 122 Å². The van der Waals surface area contributed by atoms with E-state index in [1.54, 1.807) is 6.08 Å². The summed E-state index contributed by atoms with van der Waals surface area (Å²) < 4.78 is 34.5. The number of hydrogen-bond acceptors (Lipinski definition) is 18. The molecular weight excluding hydrogens is 1360 g/mol. The van der Waals surface area contributed by atoms with Gasteiger partial charge in [0, 0.05) is 6.42 Å². The third-order valence-corrected chi connectivity index (χ3v) is 20.0. The molecule has 17 unspecified atom stereocenters. The van der Waals surface area contributed by atoms with Gasteiger partial charge < -0.3 is 89.9 Å². The van der Waals surface area contributed by atoms with Crippen LogP contribution in [0.2, 0.25) is 0 Å². The zero-order valence-corrected chi connectivity index (χ0v) is 65.8. The lowest BCUT2D eigenvalue weighted by Crippen LogP contribution is -2.66. The molecular formula is C88H149NO18. The van der Waals surface area contributed by atoms with Gasteiger partial charge in [0.05, 0.1) is 38.6 Å². The van der Waals surface area contributed by atoms with Crippen LogP contribution in [0.25, 0.3) is 0 Å². The smallest absolute Gasteiger partial charge is 0.220 e. The Bertz CT molecular complexity index is 2450. The van der Waals surface area contributed by atoms with E-state index in [1.807, 2.05) is 6.08 Å². The molecule has 12 N–H and O–H groups in total. The van der Waals surface area contributed by atoms with Gasteiger partial charge in [-0.15, -0.1) is 0 Å². The van der Waals surface area contributed by atoms with Crippen LogP contribution in [0, 0.1) is 0 Å². The Balaban J connectivity index is 1.36. The van der Waals surface area contributed by atoms with Gasteiger partial charge in [-0.2, -0.15) is 0 Å². The van der Waals surface area contributed by atoms with Gasteiger partial charge in [0.25, 0.3) is 0 Å². The SMILES string of the molecule is CC/C=C\C/C=C\C/C=C\C/C=C\C/C=C\C/C=C\C/C=C\C/C=C\C/C=C\C/C=C\CCCCCCCCCCC(=O)NC(COC1OC(CO)C(OC2OC(CO)C(OC3OC(CO)C(O)C(O)C3O)C(O)C2O)C(O)C1O)C(O)/C=C/CCCCCCCCCCCCCCCCCCCCCCC. The largest absolute Gasteiger partial charge is 0.394 e. The highest BCUT2D eigenvalue weighted by Gasteiger charge is 2.54. The van der Waals surface area contributed by atoms with E-state index in [-0.39, 0.29) is 18.9 Å². The molecule has 0 radical (unpaired) electrons. The normalized spacial score (nSPS) is 26.2. The second kappa shape index (κ2) is 66.5. The lowest BCUT2D eigenvalue weighted by Gasteiger charge is -2.48. The number of aliphatic hydroxyl groups excluding tert-OH is 11. The number of rotatable bonds is 65. The highest BCUT2D eigenvalue weighted by Crippen LogP contribution is 2.33. The first kappa shape index (κ1) is 97.1. The van der Waals surface area contributed by atoms with Crippen LogP contribution in [-0.4, -0.2) is 193 Å². The highest BCUT2D eigenvalue weighted by atomic mass is 16.8. The summed E-state index contributed by atoms with van der Waals surface area (Å²) in [4.78, 5) is 13.5. The Morgan fingerprint density at radius 3 is 1.01 bits per heavy atom. The number of hydrogen-bond donors (Lipinski definition) is 12. The van der Waals surface area contributed by atoms with Crippen LogP contribution < -0.4 is 5.32 Å². The Morgan fingerprint density at radius 1 is 0.346 bits per heavy atom. The molecule has 19 nitrogen and oxygen atoms in total. The van der Waals surface area contributed by atoms with E-state index >= 15 is 0 Å². The fraction of sp³-hybridized carbons (Fsp3) is 0.739. The molecule has 3 rings (SSSR count). The van der Waals surface area contributed by atoms with Gasteiger partial charge in [0.2, 0.25) is 5.91 Å². The second-order valence-electron chi connectivity index (χ2n) is 29.2. The summed E-state index contributed by atoms with van der Waals surface area (Å²) in [5, 5.41) is 121. The second-order valence-corrected chi connectivity index (χ2v) is 29.2. The molecule has 0 aliphatic carbocycles. The molecule has 3 aliphatic heterocycles. The number of allylic oxidation sites excluding steroid dienone is 21. The van der Waals surface area contributed by atoms with Gasteiger partial charge in [-0.1, -0.05) is 314 Å². The molecule has 0 saturated carbocycles. The lowest BCUT2D eigenvalue weighted by molar-refractivity contribution is -0.379. The zero-order valence-electron chi connectivity index (χ0n) is 65.8. The third kappa shape index (κ3) is 45.9. The molecule has 0 bridgehead atoms. The number of aliphatic hydroxyl groups is 11. The summed E-state index contributed by atoms with van der Waals surface area (Å²) in [6.07, 6.45) is 68.5. The highest BCUT2D eigenvalue weighted by molar-refractivity contribution is 5.76. The molecule has 0 spiro atoms. The maximum absolute atomic E-state index is 13.5. The number of carbonyl (C=O) groups is 1. The molecule has 3 heterocycles.